The molecule has 3 nitrogen and oxygen atoms in total. The van der Waals surface area contributed by atoms with Crippen molar-refractivity contribution >= 4 is 6.09 Å². The predicted molar refractivity (Wildman–Crippen MR) is 61.8 cm³/mol. The van der Waals surface area contributed by atoms with E-state index < -0.39 is 6.09 Å². The molecule has 0 aliphatic carbocycles. The van der Waals surface area contributed by atoms with Gasteiger partial charge >= 0.3 is 6.09 Å². The lowest BCUT2D eigenvalue weighted by molar-refractivity contribution is 0.170. The van der Waals surface area contributed by atoms with Crippen LogP contribution in [-0.4, -0.2) is 13.2 Å². The van der Waals surface area contributed by atoms with E-state index in [2.05, 4.69) is 10.1 Å². The molecule has 0 atom stereocenters. The Bertz CT molecular complexity index is 297. The monoisotopic (exact) mass is 209 g/mol. The number of hydrogen-bond donors (Lipinski definition) is 1. The Hall–Kier alpha value is -1.51. The predicted octanol–water partition coefficient (Wildman–Crippen LogP) is 2.88. The number of alkyl carbamates (subject to hydrolysis) is 1. The standard InChI is InChI=1S/C10H13NO2.C2H6/c1-8-4-3-5-9(6-8)7-11-10(12)13-2;1-2/h3-6H,7H2,1-2H3,(H,11,12);1-2H3. The van der Waals surface area contributed by atoms with Gasteiger partial charge in [0.25, 0.3) is 0 Å². The van der Waals surface area contributed by atoms with Gasteiger partial charge in [0.05, 0.1) is 7.11 Å². The van der Waals surface area contributed by atoms with E-state index in [9.17, 15) is 4.79 Å². The average Bonchev–Trinajstić information content (AvgIpc) is 2.29. The molecular weight excluding hydrogens is 190 g/mol. The first-order valence-electron chi connectivity index (χ1n) is 5.09. The lowest BCUT2D eigenvalue weighted by Crippen LogP contribution is -2.22. The van der Waals surface area contributed by atoms with Gasteiger partial charge in [0, 0.05) is 6.54 Å². The Kier molecular flexibility index (Phi) is 7.06. The van der Waals surface area contributed by atoms with Gasteiger partial charge in [-0.1, -0.05) is 43.7 Å². The number of nitrogens with one attached hydrogen (secondary N) is 1. The molecule has 1 rings (SSSR count). The molecule has 84 valence electrons. The molecule has 1 aromatic rings. The minimum Gasteiger partial charge on any atom is -0.453 e. The molecular formula is C12H19NO2. The molecule has 15 heavy (non-hydrogen) atoms. The van der Waals surface area contributed by atoms with Crippen molar-refractivity contribution in [1.29, 1.82) is 0 Å². The van der Waals surface area contributed by atoms with Gasteiger partial charge in [0.15, 0.2) is 0 Å². The van der Waals surface area contributed by atoms with Gasteiger partial charge in [-0.2, -0.15) is 0 Å². The molecule has 0 aromatic heterocycles. The second-order valence-corrected chi connectivity index (χ2v) is 2.83. The second-order valence-electron chi connectivity index (χ2n) is 2.83. The molecule has 0 radical (unpaired) electrons. The molecule has 3 heteroatoms. The van der Waals surface area contributed by atoms with Crippen LogP contribution in [0.4, 0.5) is 4.79 Å². The van der Waals surface area contributed by atoms with Crippen LogP contribution in [0.2, 0.25) is 0 Å². The van der Waals surface area contributed by atoms with Crippen molar-refractivity contribution in [2.24, 2.45) is 0 Å². The Morgan fingerprint density at radius 3 is 2.60 bits per heavy atom. The van der Waals surface area contributed by atoms with Crippen LogP contribution in [-0.2, 0) is 11.3 Å². The number of ether oxygens (including phenoxy) is 1. The van der Waals surface area contributed by atoms with Crippen molar-refractivity contribution in [3.63, 3.8) is 0 Å². The molecule has 0 fully saturated rings. The van der Waals surface area contributed by atoms with E-state index in [4.69, 9.17) is 0 Å². The number of hydrogen-bond acceptors (Lipinski definition) is 2. The number of carbonyl (C=O) groups is 1. The van der Waals surface area contributed by atoms with Crippen LogP contribution >= 0.6 is 0 Å². The zero-order valence-corrected chi connectivity index (χ0v) is 9.83. The maximum Gasteiger partial charge on any atom is 0.407 e. The quantitative estimate of drug-likeness (QED) is 0.813. The molecule has 0 unspecified atom stereocenters. The highest BCUT2D eigenvalue weighted by Gasteiger charge is 1.97. The number of rotatable bonds is 2. The molecule has 1 N–H and O–H groups in total. The number of aryl methyl sites for hydroxylation is 1. The Labute approximate surface area is 91.5 Å². The summed E-state index contributed by atoms with van der Waals surface area (Å²) in [4.78, 5) is 10.7. The number of amides is 1. The van der Waals surface area contributed by atoms with Gasteiger partial charge in [-0.15, -0.1) is 0 Å². The first-order chi connectivity index (χ1) is 7.22. The summed E-state index contributed by atoms with van der Waals surface area (Å²) in [5.74, 6) is 0. The zero-order valence-electron chi connectivity index (χ0n) is 9.83. The maximum atomic E-state index is 10.7. The van der Waals surface area contributed by atoms with E-state index in [0.717, 1.165) is 5.56 Å². The van der Waals surface area contributed by atoms with E-state index in [0.29, 0.717) is 6.54 Å². The van der Waals surface area contributed by atoms with Crippen LogP contribution in [0.3, 0.4) is 0 Å². The van der Waals surface area contributed by atoms with E-state index >= 15 is 0 Å². The van der Waals surface area contributed by atoms with E-state index in [1.807, 2.05) is 45.0 Å². The Morgan fingerprint density at radius 1 is 1.40 bits per heavy atom. The lowest BCUT2D eigenvalue weighted by Gasteiger charge is -2.03. The Balaban J connectivity index is 0.000000921. The van der Waals surface area contributed by atoms with Crippen molar-refractivity contribution in [3.05, 3.63) is 35.4 Å². The van der Waals surface area contributed by atoms with E-state index in [1.165, 1.54) is 12.7 Å². The van der Waals surface area contributed by atoms with Gasteiger partial charge in [-0.05, 0) is 12.5 Å². The summed E-state index contributed by atoms with van der Waals surface area (Å²) in [6, 6.07) is 7.96. The first kappa shape index (κ1) is 13.5. The smallest absolute Gasteiger partial charge is 0.407 e. The molecule has 0 bridgehead atoms. The third-order valence-electron chi connectivity index (χ3n) is 1.70. The maximum absolute atomic E-state index is 10.7. The SMILES string of the molecule is CC.COC(=O)NCc1cccc(C)c1. The lowest BCUT2D eigenvalue weighted by atomic mass is 10.1. The summed E-state index contributed by atoms with van der Waals surface area (Å²) >= 11 is 0. The van der Waals surface area contributed by atoms with Gasteiger partial charge in [-0.25, -0.2) is 4.79 Å². The van der Waals surface area contributed by atoms with Crippen molar-refractivity contribution in [2.45, 2.75) is 27.3 Å². The Morgan fingerprint density at radius 2 is 2.07 bits per heavy atom. The first-order valence-corrected chi connectivity index (χ1v) is 5.09. The number of carbonyl (C=O) groups excluding carboxylic acids is 1. The summed E-state index contributed by atoms with van der Waals surface area (Å²) in [6.07, 6.45) is -0.401. The van der Waals surface area contributed by atoms with Crippen LogP contribution in [0, 0.1) is 6.92 Å². The highest BCUT2D eigenvalue weighted by atomic mass is 16.5. The molecule has 0 saturated carbocycles. The van der Waals surface area contributed by atoms with Crippen molar-refractivity contribution in [2.75, 3.05) is 7.11 Å². The fourth-order valence-electron chi connectivity index (χ4n) is 1.07. The summed E-state index contributed by atoms with van der Waals surface area (Å²) in [5, 5.41) is 2.61. The fraction of sp³-hybridized carbons (Fsp3) is 0.417. The molecule has 0 aliphatic heterocycles. The second kappa shape index (κ2) is 7.85. The van der Waals surface area contributed by atoms with Gasteiger partial charge in [0.2, 0.25) is 0 Å². The van der Waals surface area contributed by atoms with Crippen molar-refractivity contribution in [3.8, 4) is 0 Å². The van der Waals surface area contributed by atoms with Gasteiger partial charge in [-0.3, -0.25) is 0 Å². The third-order valence-corrected chi connectivity index (χ3v) is 1.70. The third kappa shape index (κ3) is 5.73. The van der Waals surface area contributed by atoms with Crippen LogP contribution < -0.4 is 5.32 Å². The normalized spacial score (nSPS) is 8.53. The van der Waals surface area contributed by atoms with Crippen LogP contribution in [0.1, 0.15) is 25.0 Å². The molecule has 0 saturated heterocycles. The largest absolute Gasteiger partial charge is 0.453 e. The molecule has 0 spiro atoms. The van der Waals surface area contributed by atoms with Gasteiger partial charge in [0.1, 0.15) is 0 Å². The molecule has 0 heterocycles. The molecule has 1 aromatic carbocycles. The number of benzene rings is 1. The van der Waals surface area contributed by atoms with Gasteiger partial charge < -0.3 is 10.1 Å². The fourth-order valence-corrected chi connectivity index (χ4v) is 1.07. The van der Waals surface area contributed by atoms with Crippen LogP contribution in [0.15, 0.2) is 24.3 Å². The zero-order chi connectivity index (χ0) is 11.7. The highest BCUT2D eigenvalue weighted by molar-refractivity contribution is 5.66. The summed E-state index contributed by atoms with van der Waals surface area (Å²) in [5.41, 5.74) is 2.26. The molecule has 0 aliphatic rings. The highest BCUT2D eigenvalue weighted by Crippen LogP contribution is 2.02. The summed E-state index contributed by atoms with van der Waals surface area (Å²) in [6.45, 7) is 6.52. The minimum absolute atomic E-state index is 0.401. The topological polar surface area (TPSA) is 38.3 Å². The van der Waals surface area contributed by atoms with Crippen molar-refractivity contribution in [1.82, 2.24) is 5.32 Å². The summed E-state index contributed by atoms with van der Waals surface area (Å²) in [7, 11) is 1.35. The minimum atomic E-state index is -0.401. The molecule has 1 amide bonds. The van der Waals surface area contributed by atoms with E-state index in [-0.39, 0.29) is 0 Å². The summed E-state index contributed by atoms with van der Waals surface area (Å²) < 4.78 is 4.45. The van der Waals surface area contributed by atoms with Crippen LogP contribution in [0.25, 0.3) is 0 Å². The number of methoxy groups -OCH3 is 1. The van der Waals surface area contributed by atoms with Crippen LogP contribution in [0.5, 0.6) is 0 Å². The van der Waals surface area contributed by atoms with E-state index in [1.54, 1.807) is 0 Å². The average molecular weight is 209 g/mol. The van der Waals surface area contributed by atoms with Crippen molar-refractivity contribution < 1.29 is 9.53 Å².